The van der Waals surface area contributed by atoms with Crippen LogP contribution in [0, 0.1) is 0 Å². The number of nitrogens with zero attached hydrogens (tertiary/aromatic N) is 1. The van der Waals surface area contributed by atoms with E-state index in [1.54, 1.807) is 0 Å². The molecule has 0 aromatic heterocycles. The second-order valence-corrected chi connectivity index (χ2v) is 6.89. The van der Waals surface area contributed by atoms with Gasteiger partial charge in [-0.2, -0.15) is 0 Å². The zero-order valence-corrected chi connectivity index (χ0v) is 15.4. The zero-order chi connectivity index (χ0) is 18.4. The van der Waals surface area contributed by atoms with Gasteiger partial charge in [0.05, 0.1) is 19.3 Å². The summed E-state index contributed by atoms with van der Waals surface area (Å²) >= 11 is 0. The summed E-state index contributed by atoms with van der Waals surface area (Å²) in [6.45, 7) is 4.46. The molecule has 4 nitrogen and oxygen atoms in total. The van der Waals surface area contributed by atoms with E-state index in [1.165, 1.54) is 22.3 Å². The molecule has 138 valence electrons. The molecule has 0 aliphatic carbocycles. The number of benzene rings is 2. The van der Waals surface area contributed by atoms with Gasteiger partial charge in [0.2, 0.25) is 0 Å². The number of rotatable bonds is 7. The molecule has 1 heterocycles. The van der Waals surface area contributed by atoms with Crippen molar-refractivity contribution in [3.05, 3.63) is 59.7 Å². The SMILES string of the molecule is CCc1ccc(-c2ccccc2COC2CCN(CC(=O)O)CC2)cc1. The van der Waals surface area contributed by atoms with Crippen LogP contribution in [0.15, 0.2) is 48.5 Å². The van der Waals surface area contributed by atoms with Crippen molar-refractivity contribution in [2.24, 2.45) is 0 Å². The Bertz CT molecular complexity index is 718. The molecule has 1 fully saturated rings. The molecule has 1 saturated heterocycles. The van der Waals surface area contributed by atoms with Crippen LogP contribution in [0.4, 0.5) is 0 Å². The summed E-state index contributed by atoms with van der Waals surface area (Å²) in [7, 11) is 0. The summed E-state index contributed by atoms with van der Waals surface area (Å²) < 4.78 is 6.16. The third-order valence-electron chi connectivity index (χ3n) is 5.06. The molecule has 0 bridgehead atoms. The monoisotopic (exact) mass is 353 g/mol. The highest BCUT2D eigenvalue weighted by molar-refractivity contribution is 5.69. The van der Waals surface area contributed by atoms with Gasteiger partial charge in [-0.05, 0) is 41.5 Å². The molecule has 0 spiro atoms. The van der Waals surface area contributed by atoms with Crippen molar-refractivity contribution < 1.29 is 14.6 Å². The van der Waals surface area contributed by atoms with Crippen molar-refractivity contribution in [3.63, 3.8) is 0 Å². The van der Waals surface area contributed by atoms with Gasteiger partial charge in [-0.1, -0.05) is 55.5 Å². The minimum absolute atomic E-state index is 0.128. The fraction of sp³-hybridized carbons (Fsp3) is 0.409. The molecule has 4 heteroatoms. The lowest BCUT2D eigenvalue weighted by Gasteiger charge is -2.30. The predicted molar refractivity (Wildman–Crippen MR) is 103 cm³/mol. The molecule has 2 aromatic rings. The van der Waals surface area contributed by atoms with Gasteiger partial charge in [0.15, 0.2) is 0 Å². The van der Waals surface area contributed by atoms with E-state index in [1.807, 2.05) is 4.90 Å². The average Bonchev–Trinajstić information content (AvgIpc) is 2.67. The molecule has 1 aliphatic heterocycles. The maximum atomic E-state index is 10.8. The van der Waals surface area contributed by atoms with E-state index >= 15 is 0 Å². The number of aryl methyl sites for hydroxylation is 1. The maximum Gasteiger partial charge on any atom is 0.317 e. The van der Waals surface area contributed by atoms with Crippen LogP contribution in [0.2, 0.25) is 0 Å². The second kappa shape index (κ2) is 8.97. The predicted octanol–water partition coefficient (Wildman–Crippen LogP) is 3.98. The van der Waals surface area contributed by atoms with Crippen molar-refractivity contribution in [1.29, 1.82) is 0 Å². The maximum absolute atomic E-state index is 10.8. The van der Waals surface area contributed by atoms with Crippen molar-refractivity contribution in [2.45, 2.75) is 38.9 Å². The Morgan fingerprint density at radius 3 is 2.46 bits per heavy atom. The highest BCUT2D eigenvalue weighted by Gasteiger charge is 2.21. The van der Waals surface area contributed by atoms with E-state index in [0.717, 1.165) is 32.4 Å². The lowest BCUT2D eigenvalue weighted by atomic mass is 9.98. The number of hydrogen-bond acceptors (Lipinski definition) is 3. The van der Waals surface area contributed by atoms with E-state index in [4.69, 9.17) is 9.84 Å². The fourth-order valence-corrected chi connectivity index (χ4v) is 3.48. The smallest absolute Gasteiger partial charge is 0.317 e. The molecular weight excluding hydrogens is 326 g/mol. The van der Waals surface area contributed by atoms with Crippen molar-refractivity contribution >= 4 is 5.97 Å². The summed E-state index contributed by atoms with van der Waals surface area (Å²) in [5, 5.41) is 8.88. The van der Waals surface area contributed by atoms with E-state index < -0.39 is 5.97 Å². The van der Waals surface area contributed by atoms with Gasteiger partial charge in [0.25, 0.3) is 0 Å². The normalized spacial score (nSPS) is 15.9. The first kappa shape index (κ1) is 18.6. The number of likely N-dealkylation sites (tertiary alicyclic amines) is 1. The molecule has 0 saturated carbocycles. The minimum Gasteiger partial charge on any atom is -0.480 e. The van der Waals surface area contributed by atoms with Crippen LogP contribution >= 0.6 is 0 Å². The second-order valence-electron chi connectivity index (χ2n) is 6.89. The molecule has 26 heavy (non-hydrogen) atoms. The van der Waals surface area contributed by atoms with Gasteiger partial charge in [-0.3, -0.25) is 9.69 Å². The third-order valence-corrected chi connectivity index (χ3v) is 5.06. The number of aliphatic carboxylic acids is 1. The summed E-state index contributed by atoms with van der Waals surface area (Å²) in [4.78, 5) is 12.8. The summed E-state index contributed by atoms with van der Waals surface area (Å²) in [6, 6.07) is 17.1. The van der Waals surface area contributed by atoms with Gasteiger partial charge in [0.1, 0.15) is 0 Å². The number of carbonyl (C=O) groups is 1. The number of hydrogen-bond donors (Lipinski definition) is 1. The van der Waals surface area contributed by atoms with Crippen LogP contribution in [-0.2, 0) is 22.6 Å². The van der Waals surface area contributed by atoms with Crippen LogP contribution in [-0.4, -0.2) is 41.7 Å². The molecule has 0 radical (unpaired) electrons. The van der Waals surface area contributed by atoms with Crippen molar-refractivity contribution in [1.82, 2.24) is 4.90 Å². The average molecular weight is 353 g/mol. The largest absolute Gasteiger partial charge is 0.480 e. The summed E-state index contributed by atoms with van der Waals surface area (Å²) in [5.74, 6) is -0.757. The highest BCUT2D eigenvalue weighted by atomic mass is 16.5. The standard InChI is InChI=1S/C22H27NO3/c1-2-17-7-9-18(10-8-17)21-6-4-3-5-19(21)16-26-20-11-13-23(14-12-20)15-22(24)25/h3-10,20H,2,11-16H2,1H3,(H,24,25). The van der Waals surface area contributed by atoms with E-state index in [0.29, 0.717) is 6.61 Å². The summed E-state index contributed by atoms with van der Waals surface area (Å²) in [5.41, 5.74) is 4.98. The Balaban J connectivity index is 1.60. The minimum atomic E-state index is -0.757. The molecular formula is C22H27NO3. The first-order chi connectivity index (χ1) is 12.7. The van der Waals surface area contributed by atoms with Gasteiger partial charge in [-0.25, -0.2) is 0 Å². The van der Waals surface area contributed by atoms with Crippen LogP contribution in [0.5, 0.6) is 0 Å². The first-order valence-electron chi connectivity index (χ1n) is 9.38. The zero-order valence-electron chi connectivity index (χ0n) is 15.4. The Morgan fingerprint density at radius 2 is 1.81 bits per heavy atom. The van der Waals surface area contributed by atoms with Crippen molar-refractivity contribution in [3.8, 4) is 11.1 Å². The topological polar surface area (TPSA) is 49.8 Å². The molecule has 2 aromatic carbocycles. The van der Waals surface area contributed by atoms with Gasteiger partial charge >= 0.3 is 5.97 Å². The molecule has 1 aliphatic rings. The number of carboxylic acid groups (broad SMARTS) is 1. The van der Waals surface area contributed by atoms with Crippen LogP contribution in [0.3, 0.4) is 0 Å². The molecule has 0 unspecified atom stereocenters. The first-order valence-corrected chi connectivity index (χ1v) is 9.38. The van der Waals surface area contributed by atoms with Gasteiger partial charge in [-0.15, -0.1) is 0 Å². The summed E-state index contributed by atoms with van der Waals surface area (Å²) in [6.07, 6.45) is 3.03. The quantitative estimate of drug-likeness (QED) is 0.818. The van der Waals surface area contributed by atoms with Crippen LogP contribution in [0.1, 0.15) is 30.9 Å². The van der Waals surface area contributed by atoms with Gasteiger partial charge in [0, 0.05) is 13.1 Å². The van der Waals surface area contributed by atoms with Crippen molar-refractivity contribution in [2.75, 3.05) is 19.6 Å². The Kier molecular flexibility index (Phi) is 6.42. The van der Waals surface area contributed by atoms with E-state index in [9.17, 15) is 4.79 Å². The Morgan fingerprint density at radius 1 is 1.12 bits per heavy atom. The highest BCUT2D eigenvalue weighted by Crippen LogP contribution is 2.26. The fourth-order valence-electron chi connectivity index (χ4n) is 3.48. The number of carboxylic acids is 1. The van der Waals surface area contributed by atoms with E-state index in [-0.39, 0.29) is 12.6 Å². The number of ether oxygens (including phenoxy) is 1. The molecule has 3 rings (SSSR count). The third kappa shape index (κ3) is 4.93. The lowest BCUT2D eigenvalue weighted by Crippen LogP contribution is -2.39. The molecule has 0 amide bonds. The van der Waals surface area contributed by atoms with Gasteiger partial charge < -0.3 is 9.84 Å². The Labute approximate surface area is 155 Å². The number of piperidine rings is 1. The molecule has 1 N–H and O–H groups in total. The van der Waals surface area contributed by atoms with E-state index in [2.05, 4.69) is 55.5 Å². The van der Waals surface area contributed by atoms with Crippen LogP contribution < -0.4 is 0 Å². The molecule has 0 atom stereocenters. The Hall–Kier alpha value is -2.17. The van der Waals surface area contributed by atoms with Crippen LogP contribution in [0.25, 0.3) is 11.1 Å². The lowest BCUT2D eigenvalue weighted by molar-refractivity contribution is -0.139.